The molecular weight excluding hydrogens is 239 g/mol. The highest BCUT2D eigenvalue weighted by Gasteiger charge is 2.29. The van der Waals surface area contributed by atoms with Crippen LogP contribution in [0.3, 0.4) is 0 Å². The Bertz CT molecular complexity index is 525. The van der Waals surface area contributed by atoms with Crippen LogP contribution in [0.25, 0.3) is 0 Å². The lowest BCUT2D eigenvalue weighted by Gasteiger charge is -2.26. The maximum absolute atomic E-state index is 9.96. The van der Waals surface area contributed by atoms with Crippen LogP contribution in [-0.2, 0) is 4.65 Å². The molecule has 2 N–H and O–H groups in total. The highest BCUT2D eigenvalue weighted by Crippen LogP contribution is 2.33. The van der Waals surface area contributed by atoms with Gasteiger partial charge >= 0.3 is 7.12 Å². The van der Waals surface area contributed by atoms with Crippen LogP contribution < -0.4 is 0 Å². The lowest BCUT2D eigenvalue weighted by molar-refractivity contribution is 0.168. The van der Waals surface area contributed by atoms with E-state index in [9.17, 15) is 10.1 Å². The summed E-state index contributed by atoms with van der Waals surface area (Å²) in [5.74, 6) is 0.318. The molecule has 1 unspecified atom stereocenters. The number of aryl methyl sites for hydroxylation is 2. The van der Waals surface area contributed by atoms with E-state index in [1.807, 2.05) is 39.0 Å². The van der Waals surface area contributed by atoms with Gasteiger partial charge < -0.3 is 14.8 Å². The van der Waals surface area contributed by atoms with Gasteiger partial charge in [-0.3, -0.25) is 0 Å². The Morgan fingerprint density at radius 2 is 1.95 bits per heavy atom. The number of hydrogen-bond acceptors (Lipinski definition) is 3. The van der Waals surface area contributed by atoms with Gasteiger partial charge in [-0.05, 0) is 61.5 Å². The molecule has 2 rings (SSSR count). The van der Waals surface area contributed by atoms with E-state index in [1.54, 1.807) is 0 Å². The number of phenolic OH excluding ortho intramolecular Hbond substituents is 1. The van der Waals surface area contributed by atoms with Crippen molar-refractivity contribution in [2.24, 2.45) is 0 Å². The van der Waals surface area contributed by atoms with Crippen LogP contribution >= 0.6 is 0 Å². The molecule has 1 heterocycles. The lowest BCUT2D eigenvalue weighted by Crippen LogP contribution is -2.28. The molecule has 0 fully saturated rings. The van der Waals surface area contributed by atoms with Crippen LogP contribution in [0.2, 0.25) is 0 Å². The van der Waals surface area contributed by atoms with E-state index >= 15 is 0 Å². The zero-order valence-corrected chi connectivity index (χ0v) is 11.6. The molecule has 100 valence electrons. The van der Waals surface area contributed by atoms with Crippen LogP contribution in [0, 0.1) is 13.8 Å². The second-order valence-electron chi connectivity index (χ2n) is 5.16. The fourth-order valence-corrected chi connectivity index (χ4v) is 2.39. The van der Waals surface area contributed by atoms with Crippen molar-refractivity contribution in [3.05, 3.63) is 52.5 Å². The fraction of sp³-hybridized carbons (Fsp3) is 0.333. The largest absolute Gasteiger partial charge is 0.507 e. The highest BCUT2D eigenvalue weighted by molar-refractivity contribution is 6.54. The van der Waals surface area contributed by atoms with Crippen molar-refractivity contribution < 1.29 is 14.8 Å². The summed E-state index contributed by atoms with van der Waals surface area (Å²) in [6.07, 6.45) is 2.48. The molecule has 19 heavy (non-hydrogen) atoms. The molecule has 0 bridgehead atoms. The van der Waals surface area contributed by atoms with Crippen LogP contribution in [0.4, 0.5) is 0 Å². The quantitative estimate of drug-likeness (QED) is 0.802. The number of aromatic hydroxyl groups is 1. The summed E-state index contributed by atoms with van der Waals surface area (Å²) in [6, 6.07) is 3.80. The first kappa shape index (κ1) is 13.9. The molecule has 0 aromatic heterocycles. The molecule has 4 heteroatoms. The molecule has 1 aromatic carbocycles. The minimum atomic E-state index is -0.925. The fourth-order valence-electron chi connectivity index (χ4n) is 2.39. The zero-order chi connectivity index (χ0) is 14.2. The number of hydrogen-bond donors (Lipinski definition) is 2. The number of allylic oxidation sites excluding steroid dienone is 2. The Kier molecular flexibility index (Phi) is 3.83. The highest BCUT2D eigenvalue weighted by atomic mass is 16.5. The lowest BCUT2D eigenvalue weighted by atomic mass is 9.71. The third-order valence-electron chi connectivity index (χ3n) is 3.49. The molecule has 3 nitrogen and oxygen atoms in total. The van der Waals surface area contributed by atoms with Gasteiger partial charge in [0, 0.05) is 0 Å². The van der Waals surface area contributed by atoms with E-state index in [2.05, 4.69) is 6.58 Å². The summed E-state index contributed by atoms with van der Waals surface area (Å²) < 4.78 is 5.64. The summed E-state index contributed by atoms with van der Waals surface area (Å²) in [4.78, 5) is 0. The van der Waals surface area contributed by atoms with Crippen molar-refractivity contribution in [2.45, 2.75) is 33.3 Å². The number of phenols is 1. The summed E-state index contributed by atoms with van der Waals surface area (Å²) in [5.41, 5.74) is 4.20. The Morgan fingerprint density at radius 1 is 1.37 bits per heavy atom. The van der Waals surface area contributed by atoms with Crippen molar-refractivity contribution in [1.82, 2.24) is 0 Å². The van der Waals surface area contributed by atoms with E-state index in [0.29, 0.717) is 12.2 Å². The van der Waals surface area contributed by atoms with Crippen LogP contribution in [0.1, 0.15) is 36.1 Å². The summed E-state index contributed by atoms with van der Waals surface area (Å²) in [7, 11) is -0.925. The molecule has 0 saturated heterocycles. The van der Waals surface area contributed by atoms with Crippen LogP contribution in [0.15, 0.2) is 35.8 Å². The van der Waals surface area contributed by atoms with Crippen molar-refractivity contribution in [3.63, 3.8) is 0 Å². The van der Waals surface area contributed by atoms with E-state index in [1.165, 1.54) is 0 Å². The average molecular weight is 258 g/mol. The predicted molar refractivity (Wildman–Crippen MR) is 76.9 cm³/mol. The van der Waals surface area contributed by atoms with E-state index in [0.717, 1.165) is 27.7 Å². The molecule has 1 atom stereocenters. The molecule has 0 radical (unpaired) electrons. The SMILES string of the molecule is C=C(C)C1=CCC(c2cc(C)c(O)c(C)c2)OB1O. The van der Waals surface area contributed by atoms with Gasteiger partial charge in [-0.25, -0.2) is 0 Å². The number of rotatable bonds is 2. The van der Waals surface area contributed by atoms with Gasteiger partial charge in [0.15, 0.2) is 0 Å². The first-order valence-corrected chi connectivity index (χ1v) is 6.39. The van der Waals surface area contributed by atoms with Crippen molar-refractivity contribution >= 4 is 7.12 Å². The maximum atomic E-state index is 9.96. The molecule has 0 amide bonds. The minimum absolute atomic E-state index is 0.184. The van der Waals surface area contributed by atoms with Gasteiger partial charge in [0.2, 0.25) is 0 Å². The second-order valence-corrected chi connectivity index (χ2v) is 5.16. The Hall–Kier alpha value is -1.52. The van der Waals surface area contributed by atoms with Gasteiger partial charge in [-0.2, -0.15) is 0 Å². The second kappa shape index (κ2) is 5.23. The molecule has 0 saturated carbocycles. The topological polar surface area (TPSA) is 49.7 Å². The van der Waals surface area contributed by atoms with Crippen LogP contribution in [-0.4, -0.2) is 17.2 Å². The molecule has 1 aliphatic heterocycles. The number of benzene rings is 1. The standard InChI is InChI=1S/C15H19BO3/c1-9(2)13-5-6-14(19-16(13)18)12-7-10(3)15(17)11(4)8-12/h5,7-8,14,17-18H,1,6H2,2-4H3. The normalized spacial score (nSPS) is 19.3. The van der Waals surface area contributed by atoms with Gasteiger partial charge in [0.25, 0.3) is 0 Å². The molecule has 1 aromatic rings. The predicted octanol–water partition coefficient (Wildman–Crippen LogP) is 2.99. The van der Waals surface area contributed by atoms with Gasteiger partial charge in [0.1, 0.15) is 5.75 Å². The molecule has 0 aliphatic carbocycles. The summed E-state index contributed by atoms with van der Waals surface area (Å²) >= 11 is 0. The molecule has 1 aliphatic rings. The van der Waals surface area contributed by atoms with Crippen LogP contribution in [0.5, 0.6) is 5.75 Å². The van der Waals surface area contributed by atoms with E-state index in [4.69, 9.17) is 4.65 Å². The molecule has 0 spiro atoms. The third-order valence-corrected chi connectivity index (χ3v) is 3.49. The van der Waals surface area contributed by atoms with Crippen molar-refractivity contribution in [1.29, 1.82) is 0 Å². The minimum Gasteiger partial charge on any atom is -0.507 e. The molecular formula is C15H19BO3. The third kappa shape index (κ3) is 2.75. The zero-order valence-electron chi connectivity index (χ0n) is 11.6. The Labute approximate surface area is 114 Å². The summed E-state index contributed by atoms with van der Waals surface area (Å²) in [6.45, 7) is 9.40. The van der Waals surface area contributed by atoms with E-state index in [-0.39, 0.29) is 6.10 Å². The maximum Gasteiger partial charge on any atom is 0.491 e. The average Bonchev–Trinajstić information content (AvgIpc) is 2.34. The first-order chi connectivity index (χ1) is 8.90. The Balaban J connectivity index is 2.28. The van der Waals surface area contributed by atoms with Crippen molar-refractivity contribution in [2.75, 3.05) is 0 Å². The summed E-state index contributed by atoms with van der Waals surface area (Å²) in [5, 5.41) is 19.7. The van der Waals surface area contributed by atoms with Gasteiger partial charge in [0.05, 0.1) is 6.10 Å². The Morgan fingerprint density at radius 3 is 2.42 bits per heavy atom. The smallest absolute Gasteiger partial charge is 0.491 e. The van der Waals surface area contributed by atoms with Crippen molar-refractivity contribution in [3.8, 4) is 5.75 Å². The van der Waals surface area contributed by atoms with Gasteiger partial charge in [-0.15, -0.1) is 0 Å². The van der Waals surface area contributed by atoms with E-state index < -0.39 is 7.12 Å². The monoisotopic (exact) mass is 258 g/mol. The van der Waals surface area contributed by atoms with Gasteiger partial charge in [-0.1, -0.05) is 18.2 Å². The first-order valence-electron chi connectivity index (χ1n) is 6.39.